The first-order chi connectivity index (χ1) is 8.50. The maximum absolute atomic E-state index is 5.99. The lowest BCUT2D eigenvalue weighted by atomic mass is 9.88. The normalized spacial score (nSPS) is 24.2. The van der Waals surface area contributed by atoms with E-state index in [1.165, 1.54) is 24.8 Å². The van der Waals surface area contributed by atoms with Crippen LogP contribution in [0.25, 0.3) is 0 Å². The van der Waals surface area contributed by atoms with E-state index in [1.54, 1.807) is 0 Å². The van der Waals surface area contributed by atoms with Crippen LogP contribution in [0, 0.1) is 5.92 Å². The molecule has 0 spiro atoms. The molecule has 0 radical (unpaired) electrons. The molecule has 3 heteroatoms. The van der Waals surface area contributed by atoms with Gasteiger partial charge in [-0.2, -0.15) is 0 Å². The third kappa shape index (κ3) is 3.17. The van der Waals surface area contributed by atoms with Gasteiger partial charge in [-0.1, -0.05) is 33.3 Å². The molecule has 2 nitrogen and oxygen atoms in total. The highest BCUT2D eigenvalue weighted by molar-refractivity contribution is 6.18. The summed E-state index contributed by atoms with van der Waals surface area (Å²) in [5.41, 5.74) is 1.44. The largest absolute Gasteiger partial charge is 0.367 e. The summed E-state index contributed by atoms with van der Waals surface area (Å²) in [6, 6.07) is 4.75. The van der Waals surface area contributed by atoms with Crippen molar-refractivity contribution in [1.82, 2.24) is 4.98 Å². The zero-order chi connectivity index (χ0) is 13.2. The van der Waals surface area contributed by atoms with E-state index >= 15 is 0 Å². The first-order valence-electron chi connectivity index (χ1n) is 6.80. The molecule has 1 aliphatic carbocycles. The summed E-state index contributed by atoms with van der Waals surface area (Å²) in [4.78, 5) is 4.52. The highest BCUT2D eigenvalue weighted by Gasteiger charge is 2.26. The maximum Gasteiger partial charge on any atom is 0.126 e. The van der Waals surface area contributed by atoms with Crippen LogP contribution in [0.15, 0.2) is 18.3 Å². The zero-order valence-electron chi connectivity index (χ0n) is 11.5. The molecule has 1 aliphatic rings. The van der Waals surface area contributed by atoms with Crippen molar-refractivity contribution in [3.05, 3.63) is 23.9 Å². The van der Waals surface area contributed by atoms with Gasteiger partial charge in [0.15, 0.2) is 0 Å². The lowest BCUT2D eigenvalue weighted by molar-refractivity contribution is 0.560. The van der Waals surface area contributed by atoms with Gasteiger partial charge in [-0.05, 0) is 35.8 Å². The Balaban J connectivity index is 2.02. The third-order valence-corrected chi connectivity index (χ3v) is 4.22. The molecule has 2 unspecified atom stereocenters. The molecule has 1 aromatic heterocycles. The summed E-state index contributed by atoms with van der Waals surface area (Å²) < 4.78 is 0. The Labute approximate surface area is 115 Å². The van der Waals surface area contributed by atoms with Gasteiger partial charge >= 0.3 is 0 Å². The quantitative estimate of drug-likeness (QED) is 0.830. The van der Waals surface area contributed by atoms with Crippen molar-refractivity contribution in [2.75, 3.05) is 11.2 Å². The molecule has 0 bridgehead atoms. The number of nitrogens with zero attached hydrogens (tertiary/aromatic N) is 1. The molecule has 2 rings (SSSR count). The second kappa shape index (κ2) is 5.48. The van der Waals surface area contributed by atoms with Gasteiger partial charge in [-0.15, -0.1) is 11.6 Å². The number of rotatable bonds is 3. The monoisotopic (exact) mass is 266 g/mol. The Hall–Kier alpha value is -0.760. The number of hydrogen-bond donors (Lipinski definition) is 1. The summed E-state index contributed by atoms with van der Waals surface area (Å²) in [7, 11) is 0. The topological polar surface area (TPSA) is 24.9 Å². The van der Waals surface area contributed by atoms with E-state index in [9.17, 15) is 0 Å². The summed E-state index contributed by atoms with van der Waals surface area (Å²) in [6.45, 7) is 6.62. The lowest BCUT2D eigenvalue weighted by Crippen LogP contribution is -2.25. The van der Waals surface area contributed by atoms with Crippen LogP contribution in [0.3, 0.4) is 0 Å². The SMILES string of the molecule is CC(C)(C)c1ccc(NC2CCCC2CCl)nc1. The van der Waals surface area contributed by atoms with E-state index in [-0.39, 0.29) is 5.41 Å². The van der Waals surface area contributed by atoms with E-state index in [4.69, 9.17) is 11.6 Å². The Kier molecular flexibility index (Phi) is 4.16. The Morgan fingerprint density at radius 3 is 2.67 bits per heavy atom. The lowest BCUT2D eigenvalue weighted by Gasteiger charge is -2.21. The third-order valence-electron chi connectivity index (χ3n) is 3.82. The van der Waals surface area contributed by atoms with Crippen LogP contribution in [-0.4, -0.2) is 16.9 Å². The molecule has 1 heterocycles. The Morgan fingerprint density at radius 1 is 1.33 bits per heavy atom. The van der Waals surface area contributed by atoms with Crippen LogP contribution < -0.4 is 5.32 Å². The van der Waals surface area contributed by atoms with Gasteiger partial charge in [-0.25, -0.2) is 4.98 Å². The first kappa shape index (κ1) is 13.7. The average Bonchev–Trinajstić information content (AvgIpc) is 2.76. The van der Waals surface area contributed by atoms with Gasteiger partial charge in [0.25, 0.3) is 0 Å². The minimum Gasteiger partial charge on any atom is -0.367 e. The molecular formula is C15H23ClN2. The molecule has 2 atom stereocenters. The molecule has 1 aromatic rings. The molecule has 1 N–H and O–H groups in total. The van der Waals surface area contributed by atoms with Crippen molar-refractivity contribution in [3.63, 3.8) is 0 Å². The molecule has 0 aromatic carbocycles. The van der Waals surface area contributed by atoms with Crippen LogP contribution in [0.4, 0.5) is 5.82 Å². The van der Waals surface area contributed by atoms with Gasteiger partial charge in [0.1, 0.15) is 5.82 Å². The number of pyridine rings is 1. The van der Waals surface area contributed by atoms with Crippen molar-refractivity contribution < 1.29 is 0 Å². The predicted octanol–water partition coefficient (Wildman–Crippen LogP) is 4.20. The fourth-order valence-electron chi connectivity index (χ4n) is 2.52. The van der Waals surface area contributed by atoms with Gasteiger partial charge in [0, 0.05) is 18.1 Å². The van der Waals surface area contributed by atoms with Crippen molar-refractivity contribution in [1.29, 1.82) is 0 Å². The van der Waals surface area contributed by atoms with Crippen molar-refractivity contribution in [2.45, 2.75) is 51.5 Å². The molecule has 0 saturated heterocycles. The van der Waals surface area contributed by atoms with Crippen LogP contribution >= 0.6 is 11.6 Å². The number of anilines is 1. The average molecular weight is 267 g/mol. The Morgan fingerprint density at radius 2 is 2.11 bits per heavy atom. The summed E-state index contributed by atoms with van der Waals surface area (Å²) in [5.74, 6) is 2.32. The van der Waals surface area contributed by atoms with Crippen LogP contribution in [-0.2, 0) is 5.41 Å². The minimum atomic E-state index is 0.164. The minimum absolute atomic E-state index is 0.164. The highest BCUT2D eigenvalue weighted by Crippen LogP contribution is 2.29. The molecular weight excluding hydrogens is 244 g/mol. The van der Waals surface area contributed by atoms with Crippen LogP contribution in [0.1, 0.15) is 45.6 Å². The zero-order valence-corrected chi connectivity index (χ0v) is 12.3. The van der Waals surface area contributed by atoms with Gasteiger partial charge in [0.2, 0.25) is 0 Å². The second-order valence-corrected chi connectivity index (χ2v) is 6.59. The van der Waals surface area contributed by atoms with E-state index in [1.807, 2.05) is 6.20 Å². The van der Waals surface area contributed by atoms with Crippen molar-refractivity contribution in [3.8, 4) is 0 Å². The smallest absolute Gasteiger partial charge is 0.126 e. The molecule has 18 heavy (non-hydrogen) atoms. The van der Waals surface area contributed by atoms with Crippen LogP contribution in [0.2, 0.25) is 0 Å². The first-order valence-corrected chi connectivity index (χ1v) is 7.33. The maximum atomic E-state index is 5.99. The second-order valence-electron chi connectivity index (χ2n) is 6.28. The van der Waals surface area contributed by atoms with Crippen LogP contribution in [0.5, 0.6) is 0 Å². The highest BCUT2D eigenvalue weighted by atomic mass is 35.5. The Bertz CT molecular complexity index is 380. The van der Waals surface area contributed by atoms with Gasteiger partial charge < -0.3 is 5.32 Å². The number of hydrogen-bond acceptors (Lipinski definition) is 2. The predicted molar refractivity (Wildman–Crippen MR) is 78.4 cm³/mol. The van der Waals surface area contributed by atoms with Gasteiger partial charge in [-0.3, -0.25) is 0 Å². The number of halogens is 1. The van der Waals surface area contributed by atoms with E-state index in [0.717, 1.165) is 11.7 Å². The van der Waals surface area contributed by atoms with E-state index < -0.39 is 0 Å². The molecule has 0 aliphatic heterocycles. The molecule has 100 valence electrons. The van der Waals surface area contributed by atoms with E-state index in [2.05, 4.69) is 43.2 Å². The number of nitrogens with one attached hydrogen (secondary N) is 1. The van der Waals surface area contributed by atoms with E-state index in [0.29, 0.717) is 12.0 Å². The molecule has 1 fully saturated rings. The molecule has 1 saturated carbocycles. The fraction of sp³-hybridized carbons (Fsp3) is 0.667. The van der Waals surface area contributed by atoms with Crippen molar-refractivity contribution >= 4 is 17.4 Å². The summed E-state index contributed by atoms with van der Waals surface area (Å²) >= 11 is 5.99. The molecule has 0 amide bonds. The summed E-state index contributed by atoms with van der Waals surface area (Å²) in [6.07, 6.45) is 5.70. The summed E-state index contributed by atoms with van der Waals surface area (Å²) in [5, 5.41) is 3.52. The number of aromatic nitrogens is 1. The van der Waals surface area contributed by atoms with Gasteiger partial charge in [0.05, 0.1) is 0 Å². The standard InChI is InChI=1S/C15H23ClN2/c1-15(2,3)12-7-8-14(17-10-12)18-13-6-4-5-11(13)9-16/h7-8,10-11,13H,4-6,9H2,1-3H3,(H,17,18). The van der Waals surface area contributed by atoms with Crippen molar-refractivity contribution in [2.24, 2.45) is 5.92 Å². The fourth-order valence-corrected chi connectivity index (χ4v) is 2.89. The number of alkyl halides is 1.